The van der Waals surface area contributed by atoms with Crippen LogP contribution >= 0.6 is 0 Å². The van der Waals surface area contributed by atoms with Crippen molar-refractivity contribution in [3.05, 3.63) is 42.6 Å². The predicted octanol–water partition coefficient (Wildman–Crippen LogP) is 2.74. The molecule has 0 saturated heterocycles. The summed E-state index contributed by atoms with van der Waals surface area (Å²) in [5.74, 6) is 3.55. The van der Waals surface area contributed by atoms with E-state index in [0.29, 0.717) is 12.0 Å². The van der Waals surface area contributed by atoms with Gasteiger partial charge < -0.3 is 4.57 Å². The van der Waals surface area contributed by atoms with Gasteiger partial charge in [0.2, 0.25) is 0 Å². The van der Waals surface area contributed by atoms with Crippen LogP contribution in [0, 0.1) is 0 Å². The van der Waals surface area contributed by atoms with Crippen molar-refractivity contribution >= 4 is 0 Å². The molecule has 6 nitrogen and oxygen atoms in total. The fraction of sp³-hybridized carbons (Fsp3) is 0.375. The zero-order valence-electron chi connectivity index (χ0n) is 12.1. The van der Waals surface area contributed by atoms with E-state index in [-0.39, 0.29) is 0 Å². The summed E-state index contributed by atoms with van der Waals surface area (Å²) in [4.78, 5) is 4.33. The Morgan fingerprint density at radius 1 is 1.05 bits per heavy atom. The second kappa shape index (κ2) is 4.50. The standard InChI is InChI=1S/C16H16N6/c1-2-8-17-14(3-1)21-10-12(9-18-21)16-20-19-15(11-4-5-11)22(16)13-6-7-13/h1-3,8-11,13H,4-7H2. The van der Waals surface area contributed by atoms with Crippen LogP contribution in [-0.4, -0.2) is 29.5 Å². The molecule has 6 heteroatoms. The first-order valence-corrected chi connectivity index (χ1v) is 7.81. The quantitative estimate of drug-likeness (QED) is 0.742. The summed E-state index contributed by atoms with van der Waals surface area (Å²) in [7, 11) is 0. The van der Waals surface area contributed by atoms with Crippen molar-refractivity contribution in [3.8, 4) is 17.2 Å². The number of nitrogens with zero attached hydrogens (tertiary/aromatic N) is 6. The molecule has 0 radical (unpaired) electrons. The molecule has 0 amide bonds. The molecule has 0 unspecified atom stereocenters. The van der Waals surface area contributed by atoms with Crippen molar-refractivity contribution in [2.45, 2.75) is 37.6 Å². The molecule has 5 rings (SSSR count). The Balaban J connectivity index is 1.56. The van der Waals surface area contributed by atoms with Crippen molar-refractivity contribution in [1.82, 2.24) is 29.5 Å². The first-order chi connectivity index (χ1) is 10.9. The lowest BCUT2D eigenvalue weighted by atomic mass is 10.3. The number of hydrogen-bond acceptors (Lipinski definition) is 4. The lowest BCUT2D eigenvalue weighted by Crippen LogP contribution is -2.02. The fourth-order valence-electron chi connectivity index (χ4n) is 2.87. The van der Waals surface area contributed by atoms with Gasteiger partial charge in [0.05, 0.1) is 11.8 Å². The molecule has 0 aromatic carbocycles. The van der Waals surface area contributed by atoms with Gasteiger partial charge in [-0.2, -0.15) is 5.10 Å². The molecular formula is C16H16N6. The zero-order chi connectivity index (χ0) is 14.5. The Kier molecular flexibility index (Phi) is 2.47. The van der Waals surface area contributed by atoms with Crippen molar-refractivity contribution in [2.75, 3.05) is 0 Å². The second-order valence-electron chi connectivity index (χ2n) is 6.12. The average molecular weight is 292 g/mol. The number of pyridine rings is 1. The molecule has 2 aliphatic carbocycles. The van der Waals surface area contributed by atoms with E-state index in [1.54, 1.807) is 10.9 Å². The third kappa shape index (κ3) is 1.94. The molecule has 0 atom stereocenters. The SMILES string of the molecule is c1ccc(-n2cc(-c3nnc(C4CC4)n3C3CC3)cn2)nc1. The van der Waals surface area contributed by atoms with Crippen molar-refractivity contribution in [2.24, 2.45) is 0 Å². The Morgan fingerprint density at radius 3 is 2.68 bits per heavy atom. The molecule has 3 aromatic heterocycles. The molecule has 2 fully saturated rings. The monoisotopic (exact) mass is 292 g/mol. The molecule has 110 valence electrons. The maximum Gasteiger partial charge on any atom is 0.167 e. The van der Waals surface area contributed by atoms with Gasteiger partial charge >= 0.3 is 0 Å². The van der Waals surface area contributed by atoms with Gasteiger partial charge in [-0.3, -0.25) is 0 Å². The smallest absolute Gasteiger partial charge is 0.167 e. The van der Waals surface area contributed by atoms with Crippen molar-refractivity contribution in [1.29, 1.82) is 0 Å². The van der Waals surface area contributed by atoms with Crippen LogP contribution < -0.4 is 0 Å². The van der Waals surface area contributed by atoms with E-state index >= 15 is 0 Å². The first kappa shape index (κ1) is 12.1. The van der Waals surface area contributed by atoms with Crippen LogP contribution in [0.25, 0.3) is 17.2 Å². The van der Waals surface area contributed by atoms with Crippen LogP contribution in [0.3, 0.4) is 0 Å². The Bertz CT molecular complexity index is 810. The fourth-order valence-corrected chi connectivity index (χ4v) is 2.87. The largest absolute Gasteiger partial charge is 0.308 e. The van der Waals surface area contributed by atoms with Gasteiger partial charge in [0.1, 0.15) is 5.82 Å². The minimum Gasteiger partial charge on any atom is -0.308 e. The zero-order valence-corrected chi connectivity index (χ0v) is 12.1. The molecule has 3 aromatic rings. The lowest BCUT2D eigenvalue weighted by Gasteiger charge is -2.06. The average Bonchev–Trinajstić information content (AvgIpc) is 3.49. The molecule has 22 heavy (non-hydrogen) atoms. The summed E-state index contributed by atoms with van der Waals surface area (Å²) in [6, 6.07) is 6.39. The highest BCUT2D eigenvalue weighted by molar-refractivity contribution is 5.54. The topological polar surface area (TPSA) is 61.4 Å². The van der Waals surface area contributed by atoms with Gasteiger partial charge in [-0.15, -0.1) is 10.2 Å². The molecule has 2 saturated carbocycles. The highest BCUT2D eigenvalue weighted by Gasteiger charge is 2.36. The van der Waals surface area contributed by atoms with Crippen LogP contribution in [0.15, 0.2) is 36.8 Å². The third-order valence-electron chi connectivity index (χ3n) is 4.30. The highest BCUT2D eigenvalue weighted by atomic mass is 15.3. The molecule has 0 spiro atoms. The summed E-state index contributed by atoms with van der Waals surface area (Å²) in [6.45, 7) is 0. The summed E-state index contributed by atoms with van der Waals surface area (Å²) < 4.78 is 4.13. The summed E-state index contributed by atoms with van der Waals surface area (Å²) >= 11 is 0. The van der Waals surface area contributed by atoms with Crippen LogP contribution in [0.5, 0.6) is 0 Å². The summed E-state index contributed by atoms with van der Waals surface area (Å²) in [6.07, 6.45) is 10.6. The summed E-state index contributed by atoms with van der Waals surface area (Å²) in [5.41, 5.74) is 1.01. The number of aromatic nitrogens is 6. The molecule has 3 heterocycles. The lowest BCUT2D eigenvalue weighted by molar-refractivity contribution is 0.689. The Hall–Kier alpha value is -2.50. The van der Waals surface area contributed by atoms with E-state index in [9.17, 15) is 0 Å². The Morgan fingerprint density at radius 2 is 1.95 bits per heavy atom. The molecule has 0 aliphatic heterocycles. The molecule has 0 N–H and O–H groups in total. The minimum atomic E-state index is 0.582. The highest BCUT2D eigenvalue weighted by Crippen LogP contribution is 2.46. The van der Waals surface area contributed by atoms with Gasteiger partial charge in [-0.1, -0.05) is 6.07 Å². The van der Waals surface area contributed by atoms with E-state index in [4.69, 9.17) is 0 Å². The second-order valence-corrected chi connectivity index (χ2v) is 6.12. The van der Waals surface area contributed by atoms with Gasteiger partial charge in [0.25, 0.3) is 0 Å². The van der Waals surface area contributed by atoms with Gasteiger partial charge in [0.15, 0.2) is 11.6 Å². The Labute approximate surface area is 127 Å². The number of rotatable bonds is 4. The van der Waals surface area contributed by atoms with Crippen LogP contribution in [0.4, 0.5) is 0 Å². The van der Waals surface area contributed by atoms with Crippen molar-refractivity contribution < 1.29 is 0 Å². The van der Waals surface area contributed by atoms with Crippen LogP contribution in [0.1, 0.15) is 43.5 Å². The van der Waals surface area contributed by atoms with E-state index in [1.165, 1.54) is 31.5 Å². The minimum absolute atomic E-state index is 0.582. The van der Waals surface area contributed by atoms with Crippen molar-refractivity contribution in [3.63, 3.8) is 0 Å². The maximum absolute atomic E-state index is 4.46. The predicted molar refractivity (Wildman–Crippen MR) is 80.6 cm³/mol. The number of hydrogen-bond donors (Lipinski definition) is 0. The molecule has 0 bridgehead atoms. The van der Waals surface area contributed by atoms with Crippen LogP contribution in [-0.2, 0) is 0 Å². The third-order valence-corrected chi connectivity index (χ3v) is 4.30. The molecule has 2 aliphatic rings. The molecular weight excluding hydrogens is 276 g/mol. The maximum atomic E-state index is 4.46. The summed E-state index contributed by atoms with van der Waals surface area (Å²) in [5, 5.41) is 13.3. The van der Waals surface area contributed by atoms with Gasteiger partial charge in [-0.25, -0.2) is 9.67 Å². The van der Waals surface area contributed by atoms with E-state index in [1.807, 2.05) is 30.6 Å². The van der Waals surface area contributed by atoms with E-state index < -0.39 is 0 Å². The van der Waals surface area contributed by atoms with Gasteiger partial charge in [-0.05, 0) is 37.8 Å². The van der Waals surface area contributed by atoms with E-state index in [2.05, 4.69) is 24.8 Å². The first-order valence-electron chi connectivity index (χ1n) is 7.81. The van der Waals surface area contributed by atoms with E-state index in [0.717, 1.165) is 17.2 Å². The van der Waals surface area contributed by atoms with Gasteiger partial charge in [0, 0.05) is 24.4 Å². The normalized spacial score (nSPS) is 17.8. The van der Waals surface area contributed by atoms with Crippen LogP contribution in [0.2, 0.25) is 0 Å².